The maximum Gasteiger partial charge on any atom is 0.314 e. The van der Waals surface area contributed by atoms with Crippen LogP contribution in [0.5, 0.6) is 11.5 Å². The van der Waals surface area contributed by atoms with Gasteiger partial charge in [-0.15, -0.1) is 0 Å². The third-order valence-electron chi connectivity index (χ3n) is 5.00. The fourth-order valence-electron chi connectivity index (χ4n) is 3.74. The standard InChI is InChI=1S/C18H24O5/c1-21-16-14(18(17(19)20)9-3-2-4-10-18)6-5-7-15(16)23-13-8-11-22-12-13/h5-7,13H,2-4,8-12H2,1H3,(H,19,20). The lowest BCUT2D eigenvalue weighted by molar-refractivity contribution is -0.145. The largest absolute Gasteiger partial charge is 0.493 e. The molecule has 5 nitrogen and oxygen atoms in total. The van der Waals surface area contributed by atoms with Gasteiger partial charge >= 0.3 is 5.97 Å². The summed E-state index contributed by atoms with van der Waals surface area (Å²) in [5.74, 6) is 0.409. The molecule has 1 atom stereocenters. The SMILES string of the molecule is COc1c(OC2CCOC2)cccc1C1(C(=O)O)CCCCC1. The van der Waals surface area contributed by atoms with Gasteiger partial charge < -0.3 is 19.3 Å². The minimum absolute atomic E-state index is 0.00582. The average Bonchev–Trinajstić information content (AvgIpc) is 3.08. The molecule has 0 radical (unpaired) electrons. The van der Waals surface area contributed by atoms with Crippen molar-refractivity contribution in [1.29, 1.82) is 0 Å². The monoisotopic (exact) mass is 320 g/mol. The molecular formula is C18H24O5. The van der Waals surface area contributed by atoms with Crippen LogP contribution in [0.15, 0.2) is 18.2 Å². The van der Waals surface area contributed by atoms with Gasteiger partial charge in [0.25, 0.3) is 0 Å². The van der Waals surface area contributed by atoms with Gasteiger partial charge in [0, 0.05) is 12.0 Å². The van der Waals surface area contributed by atoms with Crippen LogP contribution in [-0.4, -0.2) is 37.5 Å². The molecular weight excluding hydrogens is 296 g/mol. The first kappa shape index (κ1) is 16.1. The lowest BCUT2D eigenvalue weighted by Gasteiger charge is -2.35. The molecule has 0 aromatic heterocycles. The molecule has 1 heterocycles. The highest BCUT2D eigenvalue weighted by Crippen LogP contribution is 2.46. The first-order chi connectivity index (χ1) is 11.2. The van der Waals surface area contributed by atoms with Gasteiger partial charge in [0.15, 0.2) is 11.5 Å². The van der Waals surface area contributed by atoms with Crippen molar-refractivity contribution in [3.63, 3.8) is 0 Å². The minimum Gasteiger partial charge on any atom is -0.493 e. The molecule has 1 aromatic rings. The number of carbonyl (C=O) groups is 1. The maximum absolute atomic E-state index is 12.1. The van der Waals surface area contributed by atoms with Crippen molar-refractivity contribution >= 4 is 5.97 Å². The summed E-state index contributed by atoms with van der Waals surface area (Å²) in [5, 5.41) is 9.92. The number of carboxylic acid groups (broad SMARTS) is 1. The smallest absolute Gasteiger partial charge is 0.314 e. The lowest BCUT2D eigenvalue weighted by atomic mass is 9.69. The van der Waals surface area contributed by atoms with Gasteiger partial charge in [0.1, 0.15) is 6.10 Å². The van der Waals surface area contributed by atoms with Crippen molar-refractivity contribution in [3.8, 4) is 11.5 Å². The van der Waals surface area contributed by atoms with Crippen LogP contribution in [0.2, 0.25) is 0 Å². The van der Waals surface area contributed by atoms with Crippen LogP contribution in [0, 0.1) is 0 Å². The second-order valence-corrected chi connectivity index (χ2v) is 6.39. The Morgan fingerprint density at radius 1 is 1.30 bits per heavy atom. The highest BCUT2D eigenvalue weighted by Gasteiger charge is 2.44. The molecule has 1 aliphatic heterocycles. The summed E-state index contributed by atoms with van der Waals surface area (Å²) in [5.41, 5.74) is -0.126. The first-order valence-electron chi connectivity index (χ1n) is 8.32. The molecule has 0 spiro atoms. The van der Waals surface area contributed by atoms with Crippen molar-refractivity contribution in [2.24, 2.45) is 0 Å². The first-order valence-corrected chi connectivity index (χ1v) is 8.32. The lowest BCUT2D eigenvalue weighted by Crippen LogP contribution is -2.38. The normalized spacial score (nSPS) is 23.4. The van der Waals surface area contributed by atoms with Gasteiger partial charge in [-0.1, -0.05) is 31.4 Å². The van der Waals surface area contributed by atoms with Crippen LogP contribution >= 0.6 is 0 Å². The van der Waals surface area contributed by atoms with Crippen molar-refractivity contribution in [1.82, 2.24) is 0 Å². The minimum atomic E-state index is -0.866. The van der Waals surface area contributed by atoms with Crippen molar-refractivity contribution in [2.75, 3.05) is 20.3 Å². The zero-order valence-corrected chi connectivity index (χ0v) is 13.5. The number of carboxylic acids is 1. The van der Waals surface area contributed by atoms with Crippen molar-refractivity contribution in [2.45, 2.75) is 50.0 Å². The zero-order valence-electron chi connectivity index (χ0n) is 13.5. The van der Waals surface area contributed by atoms with E-state index in [4.69, 9.17) is 14.2 Å². The van der Waals surface area contributed by atoms with Crippen LogP contribution in [-0.2, 0) is 14.9 Å². The Kier molecular flexibility index (Phi) is 4.76. The third kappa shape index (κ3) is 3.02. The van der Waals surface area contributed by atoms with Gasteiger partial charge in [-0.05, 0) is 18.9 Å². The van der Waals surface area contributed by atoms with Crippen LogP contribution in [0.4, 0.5) is 0 Å². The van der Waals surface area contributed by atoms with Crippen LogP contribution in [0.3, 0.4) is 0 Å². The number of hydrogen-bond donors (Lipinski definition) is 1. The van der Waals surface area contributed by atoms with E-state index in [-0.39, 0.29) is 6.10 Å². The summed E-state index contributed by atoms with van der Waals surface area (Å²) in [6.45, 7) is 1.27. The summed E-state index contributed by atoms with van der Waals surface area (Å²) >= 11 is 0. The van der Waals surface area contributed by atoms with E-state index in [9.17, 15) is 9.90 Å². The quantitative estimate of drug-likeness (QED) is 0.903. The molecule has 23 heavy (non-hydrogen) atoms. The summed E-state index contributed by atoms with van der Waals surface area (Å²) in [4.78, 5) is 12.1. The topological polar surface area (TPSA) is 65.0 Å². The fourth-order valence-corrected chi connectivity index (χ4v) is 3.74. The Balaban J connectivity index is 1.98. The molecule has 1 N–H and O–H groups in total. The molecule has 1 saturated heterocycles. The van der Waals surface area contributed by atoms with Gasteiger partial charge in [-0.2, -0.15) is 0 Å². The number of benzene rings is 1. The Hall–Kier alpha value is -1.75. The summed E-state index contributed by atoms with van der Waals surface area (Å²) < 4.78 is 16.9. The number of hydrogen-bond acceptors (Lipinski definition) is 4. The molecule has 1 aromatic carbocycles. The molecule has 1 saturated carbocycles. The molecule has 2 fully saturated rings. The van der Waals surface area contributed by atoms with E-state index in [0.717, 1.165) is 31.2 Å². The van der Waals surface area contributed by atoms with E-state index in [1.165, 1.54) is 0 Å². The van der Waals surface area contributed by atoms with E-state index in [1.807, 2.05) is 18.2 Å². The summed E-state index contributed by atoms with van der Waals surface area (Å²) in [6.07, 6.45) is 5.09. The number of aliphatic carboxylic acids is 1. The molecule has 5 heteroatoms. The highest BCUT2D eigenvalue weighted by atomic mass is 16.6. The van der Waals surface area contributed by atoms with Gasteiger partial charge in [0.05, 0.1) is 25.7 Å². The summed E-state index contributed by atoms with van der Waals surface area (Å²) in [7, 11) is 1.58. The maximum atomic E-state index is 12.1. The van der Waals surface area contributed by atoms with Gasteiger partial charge in [0.2, 0.25) is 0 Å². The van der Waals surface area contributed by atoms with Gasteiger partial charge in [-0.3, -0.25) is 4.79 Å². The second-order valence-electron chi connectivity index (χ2n) is 6.39. The summed E-state index contributed by atoms with van der Waals surface area (Å²) in [6, 6.07) is 5.58. The van der Waals surface area contributed by atoms with E-state index < -0.39 is 11.4 Å². The van der Waals surface area contributed by atoms with Crippen LogP contribution in [0.25, 0.3) is 0 Å². The number of ether oxygens (including phenoxy) is 3. The Labute approximate surface area is 136 Å². The third-order valence-corrected chi connectivity index (χ3v) is 5.00. The predicted octanol–water partition coefficient (Wildman–Crippen LogP) is 3.15. The number of rotatable bonds is 5. The Morgan fingerprint density at radius 2 is 2.09 bits per heavy atom. The van der Waals surface area contributed by atoms with Crippen molar-refractivity contribution < 1.29 is 24.1 Å². The predicted molar refractivity (Wildman–Crippen MR) is 85.2 cm³/mol. The van der Waals surface area contributed by atoms with Crippen LogP contribution in [0.1, 0.15) is 44.1 Å². The van der Waals surface area contributed by atoms with E-state index in [1.54, 1.807) is 7.11 Å². The van der Waals surface area contributed by atoms with Gasteiger partial charge in [-0.25, -0.2) is 0 Å². The molecule has 1 aliphatic carbocycles. The average molecular weight is 320 g/mol. The highest BCUT2D eigenvalue weighted by molar-refractivity contribution is 5.83. The fraction of sp³-hybridized carbons (Fsp3) is 0.611. The number of para-hydroxylation sites is 1. The number of methoxy groups -OCH3 is 1. The van der Waals surface area contributed by atoms with E-state index >= 15 is 0 Å². The van der Waals surface area contributed by atoms with E-state index in [2.05, 4.69) is 0 Å². The molecule has 0 bridgehead atoms. The molecule has 3 rings (SSSR count). The zero-order chi connectivity index (χ0) is 16.3. The van der Waals surface area contributed by atoms with Crippen molar-refractivity contribution in [3.05, 3.63) is 23.8 Å². The molecule has 126 valence electrons. The molecule has 2 aliphatic rings. The Morgan fingerprint density at radius 3 is 2.70 bits per heavy atom. The molecule has 0 amide bonds. The molecule has 1 unspecified atom stereocenters. The van der Waals surface area contributed by atoms with E-state index in [0.29, 0.717) is 37.6 Å². The second kappa shape index (κ2) is 6.79. The van der Waals surface area contributed by atoms with Crippen LogP contribution < -0.4 is 9.47 Å². The Bertz CT molecular complexity index is 557.